The zero-order valence-electron chi connectivity index (χ0n) is 9.68. The van der Waals surface area contributed by atoms with Crippen molar-refractivity contribution in [1.29, 1.82) is 0 Å². The summed E-state index contributed by atoms with van der Waals surface area (Å²) in [7, 11) is 0. The lowest BCUT2D eigenvalue weighted by molar-refractivity contribution is 0.0690. The third-order valence-corrected chi connectivity index (χ3v) is 2.66. The number of nitrogens with one attached hydrogen (secondary N) is 1. The Kier molecular flexibility index (Phi) is 3.96. The van der Waals surface area contributed by atoms with Crippen molar-refractivity contribution in [2.75, 3.05) is 11.9 Å². The third kappa shape index (κ3) is 3.19. The summed E-state index contributed by atoms with van der Waals surface area (Å²) in [5, 5.41) is 18.7. The van der Waals surface area contributed by atoms with Crippen molar-refractivity contribution in [2.45, 2.75) is 6.54 Å². The molecule has 0 bridgehead atoms. The van der Waals surface area contributed by atoms with Gasteiger partial charge in [0.15, 0.2) is 11.5 Å². The molecule has 2 rings (SSSR count). The molecule has 2 aromatic rings. The van der Waals surface area contributed by atoms with Gasteiger partial charge in [0.05, 0.1) is 23.5 Å². The Bertz CT molecular complexity index is 602. The van der Waals surface area contributed by atoms with Crippen LogP contribution in [0.25, 0.3) is 0 Å². The van der Waals surface area contributed by atoms with Crippen molar-refractivity contribution in [3.63, 3.8) is 0 Å². The van der Waals surface area contributed by atoms with Gasteiger partial charge in [-0.3, -0.25) is 0 Å². The predicted octanol–water partition coefficient (Wildman–Crippen LogP) is 1.88. The normalized spacial score (nSPS) is 10.4. The minimum atomic E-state index is -1.14. The number of anilines is 1. The number of carbonyl (C=O) groups is 1. The van der Waals surface area contributed by atoms with Gasteiger partial charge in [-0.2, -0.15) is 0 Å². The van der Waals surface area contributed by atoms with Gasteiger partial charge < -0.3 is 10.4 Å². The van der Waals surface area contributed by atoms with Crippen molar-refractivity contribution in [1.82, 2.24) is 15.0 Å². The molecule has 8 heteroatoms. The second-order valence-corrected chi connectivity index (χ2v) is 4.11. The van der Waals surface area contributed by atoms with Crippen LogP contribution in [0.4, 0.5) is 10.1 Å². The van der Waals surface area contributed by atoms with Gasteiger partial charge in [-0.25, -0.2) is 13.9 Å². The fourth-order valence-corrected chi connectivity index (χ4v) is 1.63. The van der Waals surface area contributed by atoms with Crippen molar-refractivity contribution in [3.05, 3.63) is 40.9 Å². The number of halogens is 2. The summed E-state index contributed by atoms with van der Waals surface area (Å²) >= 11 is 5.64. The first-order valence-corrected chi connectivity index (χ1v) is 5.77. The van der Waals surface area contributed by atoms with Gasteiger partial charge in [-0.15, -0.1) is 5.10 Å². The van der Waals surface area contributed by atoms with E-state index in [0.717, 1.165) is 0 Å². The average Bonchev–Trinajstić information content (AvgIpc) is 2.83. The number of aromatic carboxylic acids is 1. The van der Waals surface area contributed by atoms with E-state index in [2.05, 4.69) is 15.6 Å². The number of benzene rings is 1. The van der Waals surface area contributed by atoms with E-state index >= 15 is 0 Å². The summed E-state index contributed by atoms with van der Waals surface area (Å²) in [6.07, 6.45) is 1.30. The molecule has 0 unspecified atom stereocenters. The van der Waals surface area contributed by atoms with Crippen molar-refractivity contribution in [2.24, 2.45) is 0 Å². The monoisotopic (exact) mass is 284 g/mol. The smallest absolute Gasteiger partial charge is 0.358 e. The number of hydrogen-bond donors (Lipinski definition) is 2. The molecule has 19 heavy (non-hydrogen) atoms. The van der Waals surface area contributed by atoms with Crippen LogP contribution in [0, 0.1) is 5.82 Å². The SMILES string of the molecule is O=C(O)c1cn(CCNc2cccc(Cl)c2F)nn1. The van der Waals surface area contributed by atoms with Crippen LogP contribution < -0.4 is 5.32 Å². The number of rotatable bonds is 5. The van der Waals surface area contributed by atoms with Crippen LogP contribution in [0.3, 0.4) is 0 Å². The Morgan fingerprint density at radius 3 is 3.00 bits per heavy atom. The van der Waals surface area contributed by atoms with E-state index in [-0.39, 0.29) is 16.4 Å². The molecule has 1 aromatic carbocycles. The van der Waals surface area contributed by atoms with Crippen LogP contribution in [0.15, 0.2) is 24.4 Å². The molecule has 6 nitrogen and oxygen atoms in total. The Hall–Kier alpha value is -2.15. The van der Waals surface area contributed by atoms with Gasteiger partial charge in [0.1, 0.15) is 0 Å². The molecule has 0 saturated heterocycles. The quantitative estimate of drug-likeness (QED) is 0.876. The number of aromatic nitrogens is 3. The Balaban J connectivity index is 1.92. The Morgan fingerprint density at radius 2 is 2.32 bits per heavy atom. The van der Waals surface area contributed by atoms with Crippen LogP contribution in [0.1, 0.15) is 10.5 Å². The maximum atomic E-state index is 13.5. The maximum Gasteiger partial charge on any atom is 0.358 e. The highest BCUT2D eigenvalue weighted by Gasteiger charge is 2.08. The van der Waals surface area contributed by atoms with E-state index in [4.69, 9.17) is 16.7 Å². The molecule has 0 atom stereocenters. The van der Waals surface area contributed by atoms with Crippen molar-refractivity contribution in [3.8, 4) is 0 Å². The minimum absolute atomic E-state index is 0.0407. The first kappa shape index (κ1) is 13.3. The van der Waals surface area contributed by atoms with E-state index in [1.165, 1.54) is 16.9 Å². The van der Waals surface area contributed by atoms with E-state index in [9.17, 15) is 9.18 Å². The molecule has 0 aliphatic rings. The maximum absolute atomic E-state index is 13.5. The molecule has 0 radical (unpaired) electrons. The lowest BCUT2D eigenvalue weighted by Gasteiger charge is -2.07. The van der Waals surface area contributed by atoms with Crippen LogP contribution in [-0.2, 0) is 6.54 Å². The zero-order chi connectivity index (χ0) is 13.8. The summed E-state index contributed by atoms with van der Waals surface area (Å²) in [5.41, 5.74) is 0.153. The highest BCUT2D eigenvalue weighted by molar-refractivity contribution is 6.31. The molecule has 1 heterocycles. The number of carboxylic acids is 1. The molecule has 0 aliphatic carbocycles. The van der Waals surface area contributed by atoms with Gasteiger partial charge >= 0.3 is 5.97 Å². The fourth-order valence-electron chi connectivity index (χ4n) is 1.45. The molecule has 0 saturated carbocycles. The number of hydrogen-bond acceptors (Lipinski definition) is 4. The standard InChI is InChI=1S/C11H10ClFN4O2/c12-7-2-1-3-8(10(7)13)14-4-5-17-6-9(11(18)19)15-16-17/h1-3,6,14H,4-5H2,(H,18,19). The lowest BCUT2D eigenvalue weighted by atomic mass is 10.3. The van der Waals surface area contributed by atoms with Gasteiger partial charge in [0, 0.05) is 6.54 Å². The average molecular weight is 285 g/mol. The Labute approximate surface area is 112 Å². The first-order chi connectivity index (χ1) is 9.08. The topological polar surface area (TPSA) is 80.0 Å². The van der Waals surface area contributed by atoms with E-state index in [1.54, 1.807) is 12.1 Å². The second kappa shape index (κ2) is 5.66. The summed E-state index contributed by atoms with van der Waals surface area (Å²) in [4.78, 5) is 10.6. The van der Waals surface area contributed by atoms with Gasteiger partial charge in [0.2, 0.25) is 0 Å². The van der Waals surface area contributed by atoms with Crippen molar-refractivity contribution >= 4 is 23.3 Å². The summed E-state index contributed by atoms with van der Waals surface area (Å²) in [6.45, 7) is 0.714. The number of carboxylic acid groups (broad SMARTS) is 1. The van der Waals surface area contributed by atoms with E-state index < -0.39 is 11.8 Å². The molecule has 0 spiro atoms. The second-order valence-electron chi connectivity index (χ2n) is 3.70. The molecule has 100 valence electrons. The van der Waals surface area contributed by atoms with Gasteiger partial charge in [0.25, 0.3) is 0 Å². The van der Waals surface area contributed by atoms with E-state index in [1.807, 2.05) is 0 Å². The summed E-state index contributed by atoms with van der Waals surface area (Å²) < 4.78 is 14.9. The molecule has 0 fully saturated rings. The van der Waals surface area contributed by atoms with Crippen LogP contribution in [0.5, 0.6) is 0 Å². The van der Waals surface area contributed by atoms with Crippen LogP contribution in [-0.4, -0.2) is 32.6 Å². The zero-order valence-corrected chi connectivity index (χ0v) is 10.4. The highest BCUT2D eigenvalue weighted by Crippen LogP contribution is 2.21. The van der Waals surface area contributed by atoms with Crippen molar-refractivity contribution < 1.29 is 14.3 Å². The first-order valence-electron chi connectivity index (χ1n) is 5.39. The molecule has 0 amide bonds. The predicted molar refractivity (Wildman–Crippen MR) is 66.9 cm³/mol. The largest absolute Gasteiger partial charge is 0.476 e. The lowest BCUT2D eigenvalue weighted by Crippen LogP contribution is -2.12. The molecule has 0 aliphatic heterocycles. The number of nitrogens with zero attached hydrogens (tertiary/aromatic N) is 3. The minimum Gasteiger partial charge on any atom is -0.476 e. The fraction of sp³-hybridized carbons (Fsp3) is 0.182. The molecular formula is C11H10ClFN4O2. The van der Waals surface area contributed by atoms with Crippen LogP contribution in [0.2, 0.25) is 5.02 Å². The summed E-state index contributed by atoms with van der Waals surface area (Å²) in [6, 6.07) is 4.65. The highest BCUT2D eigenvalue weighted by atomic mass is 35.5. The van der Waals surface area contributed by atoms with Gasteiger partial charge in [-0.05, 0) is 12.1 Å². The molecular weight excluding hydrogens is 275 g/mol. The van der Waals surface area contributed by atoms with E-state index in [0.29, 0.717) is 13.1 Å². The summed E-state index contributed by atoms with van der Waals surface area (Å²) in [5.74, 6) is -1.66. The van der Waals surface area contributed by atoms with Gasteiger partial charge in [-0.1, -0.05) is 22.9 Å². The third-order valence-electron chi connectivity index (χ3n) is 2.37. The molecule has 1 aromatic heterocycles. The van der Waals surface area contributed by atoms with Crippen LogP contribution >= 0.6 is 11.6 Å². The molecule has 2 N–H and O–H groups in total. The Morgan fingerprint density at radius 1 is 1.53 bits per heavy atom.